The fourth-order valence-corrected chi connectivity index (χ4v) is 1.20. The topological polar surface area (TPSA) is 23.8 Å². The second kappa shape index (κ2) is 8.75. The molecular weight excluding hydrogens is 279 g/mol. The first-order chi connectivity index (χ1) is 6.43. The summed E-state index contributed by atoms with van der Waals surface area (Å²) in [5.74, 6) is 0. The maximum Gasteiger partial charge on any atom is 0.125 e. The average Bonchev–Trinajstić information content (AvgIpc) is 2.79. The summed E-state index contributed by atoms with van der Waals surface area (Å²) in [6.07, 6.45) is 0. The minimum atomic E-state index is 0. The van der Waals surface area contributed by atoms with E-state index in [0.717, 1.165) is 4.90 Å². The molecule has 0 radical (unpaired) electrons. The molecule has 2 aromatic rings. The Hall–Kier alpha value is -0.837. The molecule has 0 unspecified atom stereocenters. The number of hydrogen-bond acceptors (Lipinski definition) is 2. The minimum absolute atomic E-state index is 0. The molecule has 0 heterocycles. The zero-order chi connectivity index (χ0) is 9.36. The molecular formula is C11H9NRuS-6. The van der Waals surface area contributed by atoms with Gasteiger partial charge < -0.3 is 30.3 Å². The van der Waals surface area contributed by atoms with Crippen molar-refractivity contribution in [1.29, 1.82) is 5.26 Å². The van der Waals surface area contributed by atoms with Crippen LogP contribution in [0.2, 0.25) is 0 Å². The molecule has 0 atom stereocenters. The van der Waals surface area contributed by atoms with Gasteiger partial charge >= 0.3 is 0 Å². The maximum absolute atomic E-state index is 8.15. The first kappa shape index (κ1) is 13.2. The van der Waals surface area contributed by atoms with E-state index in [9.17, 15) is 0 Å². The third-order valence-electron chi connectivity index (χ3n) is 1.35. The predicted octanol–water partition coefficient (Wildman–Crippen LogP) is 3.38. The number of nitrogens with zero attached hydrogens (tertiary/aromatic N) is 1. The molecule has 78 valence electrons. The van der Waals surface area contributed by atoms with Gasteiger partial charge in [-0.1, -0.05) is 16.7 Å². The molecule has 0 bridgehead atoms. The van der Waals surface area contributed by atoms with Crippen molar-refractivity contribution in [2.45, 2.75) is 4.90 Å². The van der Waals surface area contributed by atoms with Crippen LogP contribution in [0.1, 0.15) is 0 Å². The Morgan fingerprint density at radius 2 is 1.43 bits per heavy atom. The quantitative estimate of drug-likeness (QED) is 0.348. The van der Waals surface area contributed by atoms with Crippen LogP contribution in [0.15, 0.2) is 59.5 Å². The zero-order valence-corrected chi connectivity index (χ0v) is 9.96. The van der Waals surface area contributed by atoms with Gasteiger partial charge in [0.1, 0.15) is 5.40 Å². The van der Waals surface area contributed by atoms with Crippen molar-refractivity contribution < 1.29 is 19.5 Å². The van der Waals surface area contributed by atoms with E-state index >= 15 is 0 Å². The Bertz CT molecular complexity index is 315. The van der Waals surface area contributed by atoms with Crippen LogP contribution in [-0.2, 0) is 19.5 Å². The molecule has 0 fully saturated rings. The Balaban J connectivity index is 0.000000246. The van der Waals surface area contributed by atoms with E-state index in [1.165, 1.54) is 11.8 Å². The molecule has 1 nitrogen and oxygen atoms in total. The third kappa shape index (κ3) is 5.75. The van der Waals surface area contributed by atoms with E-state index in [-0.39, 0.29) is 19.5 Å². The van der Waals surface area contributed by atoms with Gasteiger partial charge in [0, 0.05) is 19.5 Å². The molecule has 0 aliphatic carbocycles. The molecule has 0 saturated heterocycles. The Morgan fingerprint density at radius 3 is 1.79 bits per heavy atom. The van der Waals surface area contributed by atoms with Crippen LogP contribution >= 0.6 is 11.8 Å². The Morgan fingerprint density at radius 1 is 1.00 bits per heavy atom. The van der Waals surface area contributed by atoms with Gasteiger partial charge in [0.2, 0.25) is 0 Å². The summed E-state index contributed by atoms with van der Waals surface area (Å²) in [5.41, 5.74) is 0. The molecule has 0 saturated carbocycles. The first-order valence-electron chi connectivity index (χ1n) is 3.88. The van der Waals surface area contributed by atoms with E-state index < -0.39 is 0 Å². The van der Waals surface area contributed by atoms with Crippen LogP contribution in [0.5, 0.6) is 0 Å². The summed E-state index contributed by atoms with van der Waals surface area (Å²) in [7, 11) is 0. The van der Waals surface area contributed by atoms with Crippen molar-refractivity contribution in [1.82, 2.24) is 0 Å². The number of rotatable bonds is 1. The molecule has 0 aliphatic rings. The SMILES string of the molecule is N#CS[c-]1cccc1.[Ru].[cH-]1[cH-][cH-][cH-][cH-]1. The van der Waals surface area contributed by atoms with E-state index in [4.69, 9.17) is 5.26 Å². The molecule has 0 aliphatic heterocycles. The maximum atomic E-state index is 8.15. The Kier molecular flexibility index (Phi) is 8.23. The van der Waals surface area contributed by atoms with Gasteiger partial charge in [-0.15, -0.1) is 0 Å². The van der Waals surface area contributed by atoms with Crippen molar-refractivity contribution in [3.05, 3.63) is 54.6 Å². The van der Waals surface area contributed by atoms with E-state index in [1.807, 2.05) is 60.0 Å². The van der Waals surface area contributed by atoms with Gasteiger partial charge in [-0.05, 0) is 0 Å². The number of hydrogen-bond donors (Lipinski definition) is 0. The molecule has 0 amide bonds. The smallest absolute Gasteiger partial charge is 0.125 e. The predicted molar refractivity (Wildman–Crippen MR) is 55.5 cm³/mol. The third-order valence-corrected chi connectivity index (χ3v) is 1.95. The van der Waals surface area contributed by atoms with Gasteiger partial charge in [-0.2, -0.15) is 17.4 Å². The minimum Gasteiger partial charge on any atom is -0.748 e. The van der Waals surface area contributed by atoms with Crippen LogP contribution in [0.3, 0.4) is 0 Å². The standard InChI is InChI=1S/C6H4NS.C5H5.Ru/c7-5-8-6-3-1-2-4-6;1-2-4-5-3-1;/h1-4H;1-5H;/q-1;-5;. The second-order valence-corrected chi connectivity index (χ2v) is 3.13. The first-order valence-corrected chi connectivity index (χ1v) is 4.69. The van der Waals surface area contributed by atoms with Crippen molar-refractivity contribution in [3.8, 4) is 5.40 Å². The molecule has 0 spiro atoms. The largest absolute Gasteiger partial charge is 0.748 e. The van der Waals surface area contributed by atoms with Crippen LogP contribution in [-0.4, -0.2) is 0 Å². The van der Waals surface area contributed by atoms with Gasteiger partial charge in [-0.3, -0.25) is 0 Å². The monoisotopic (exact) mass is 289 g/mol. The number of thioether (sulfide) groups is 1. The zero-order valence-electron chi connectivity index (χ0n) is 7.41. The van der Waals surface area contributed by atoms with Gasteiger partial charge in [-0.25, -0.2) is 12.1 Å². The van der Waals surface area contributed by atoms with Crippen molar-refractivity contribution in [3.63, 3.8) is 0 Å². The van der Waals surface area contributed by atoms with Crippen molar-refractivity contribution >= 4 is 11.8 Å². The molecule has 2 aromatic carbocycles. The fraction of sp³-hybridized carbons (Fsp3) is 0. The van der Waals surface area contributed by atoms with E-state index in [0.29, 0.717) is 0 Å². The summed E-state index contributed by atoms with van der Waals surface area (Å²) >= 11 is 1.19. The van der Waals surface area contributed by atoms with Gasteiger partial charge in [0.05, 0.1) is 0 Å². The van der Waals surface area contributed by atoms with E-state index in [1.54, 1.807) is 0 Å². The average molecular weight is 288 g/mol. The Labute approximate surface area is 101 Å². The van der Waals surface area contributed by atoms with Crippen molar-refractivity contribution in [2.24, 2.45) is 0 Å². The summed E-state index contributed by atoms with van der Waals surface area (Å²) in [4.78, 5) is 1.02. The van der Waals surface area contributed by atoms with Crippen LogP contribution in [0.25, 0.3) is 0 Å². The molecule has 3 heteroatoms. The van der Waals surface area contributed by atoms with Gasteiger partial charge in [0.25, 0.3) is 0 Å². The number of nitriles is 1. The van der Waals surface area contributed by atoms with Crippen LogP contribution in [0.4, 0.5) is 0 Å². The molecule has 0 N–H and O–H groups in total. The van der Waals surface area contributed by atoms with Gasteiger partial charge in [0.15, 0.2) is 0 Å². The second-order valence-electron chi connectivity index (χ2n) is 2.28. The summed E-state index contributed by atoms with van der Waals surface area (Å²) in [6, 6.07) is 17.7. The summed E-state index contributed by atoms with van der Waals surface area (Å²) in [5, 5.41) is 10.1. The summed E-state index contributed by atoms with van der Waals surface area (Å²) in [6.45, 7) is 0. The summed E-state index contributed by atoms with van der Waals surface area (Å²) < 4.78 is 0. The number of thiocyanates is 1. The molecule has 0 aromatic heterocycles. The van der Waals surface area contributed by atoms with E-state index in [2.05, 4.69) is 0 Å². The molecule has 2 rings (SSSR count). The van der Waals surface area contributed by atoms with Crippen LogP contribution in [0, 0.1) is 10.7 Å². The van der Waals surface area contributed by atoms with Crippen LogP contribution < -0.4 is 0 Å². The van der Waals surface area contributed by atoms with Crippen molar-refractivity contribution in [2.75, 3.05) is 0 Å². The normalized spacial score (nSPS) is 7.64. The molecule has 14 heavy (non-hydrogen) atoms. The fourth-order valence-electron chi connectivity index (χ4n) is 0.798.